The van der Waals surface area contributed by atoms with Crippen LogP contribution in [0.25, 0.3) is 0 Å². The minimum atomic E-state index is -0.359. The first-order valence-corrected chi connectivity index (χ1v) is 6.43. The maximum atomic E-state index is 12.0. The van der Waals surface area contributed by atoms with Gasteiger partial charge in [-0.3, -0.25) is 9.69 Å². The molecule has 2 fully saturated rings. The van der Waals surface area contributed by atoms with E-state index in [4.69, 9.17) is 5.73 Å². The summed E-state index contributed by atoms with van der Waals surface area (Å²) in [6.07, 6.45) is 3.54. The Balaban J connectivity index is 0.00000144. The fraction of sp³-hybridized carbons (Fsp3) is 0.917. The van der Waals surface area contributed by atoms with Gasteiger partial charge >= 0.3 is 0 Å². The predicted molar refractivity (Wildman–Crippen MR) is 71.3 cm³/mol. The number of carbonyl (C=O) groups is 1. The van der Waals surface area contributed by atoms with E-state index in [1.165, 1.54) is 19.4 Å². The van der Waals surface area contributed by atoms with E-state index in [9.17, 15) is 4.79 Å². The van der Waals surface area contributed by atoms with Crippen molar-refractivity contribution in [2.45, 2.75) is 51.2 Å². The molecule has 0 saturated carbocycles. The third kappa shape index (κ3) is 2.92. The van der Waals surface area contributed by atoms with Crippen LogP contribution in [0.3, 0.4) is 0 Å². The monoisotopic (exact) mass is 261 g/mol. The van der Waals surface area contributed by atoms with Gasteiger partial charge in [0.15, 0.2) is 0 Å². The zero-order valence-corrected chi connectivity index (χ0v) is 11.6. The van der Waals surface area contributed by atoms with E-state index in [1.54, 1.807) is 6.92 Å². The molecule has 3 atom stereocenters. The van der Waals surface area contributed by atoms with Crippen LogP contribution in [0.5, 0.6) is 0 Å². The lowest BCUT2D eigenvalue weighted by Crippen LogP contribution is -2.60. The van der Waals surface area contributed by atoms with Crippen molar-refractivity contribution in [1.82, 2.24) is 9.80 Å². The van der Waals surface area contributed by atoms with Crippen molar-refractivity contribution in [2.75, 3.05) is 19.6 Å². The number of fused-ring (bicyclic) bond motifs is 1. The molecule has 2 saturated heterocycles. The summed E-state index contributed by atoms with van der Waals surface area (Å²) in [6.45, 7) is 7.08. The molecule has 0 aromatic heterocycles. The van der Waals surface area contributed by atoms with Crippen molar-refractivity contribution in [2.24, 2.45) is 5.73 Å². The SMILES string of the molecule is CCC1CN2CCCC2CN1C(=O)C(C)N.Cl. The maximum Gasteiger partial charge on any atom is 0.239 e. The summed E-state index contributed by atoms with van der Waals surface area (Å²) in [4.78, 5) is 16.6. The van der Waals surface area contributed by atoms with Gasteiger partial charge in [0.05, 0.1) is 6.04 Å². The van der Waals surface area contributed by atoms with Crippen LogP contribution in [0.15, 0.2) is 0 Å². The molecule has 3 unspecified atom stereocenters. The lowest BCUT2D eigenvalue weighted by Gasteiger charge is -2.44. The molecule has 0 aliphatic carbocycles. The van der Waals surface area contributed by atoms with Crippen LogP contribution in [-0.4, -0.2) is 53.5 Å². The minimum Gasteiger partial charge on any atom is -0.336 e. The van der Waals surface area contributed by atoms with Crippen LogP contribution >= 0.6 is 12.4 Å². The number of hydrogen-bond donors (Lipinski definition) is 1. The van der Waals surface area contributed by atoms with E-state index in [0.717, 1.165) is 19.5 Å². The summed E-state index contributed by atoms with van der Waals surface area (Å²) < 4.78 is 0. The highest BCUT2D eigenvalue weighted by Gasteiger charge is 2.38. The van der Waals surface area contributed by atoms with Crippen molar-refractivity contribution < 1.29 is 4.79 Å². The lowest BCUT2D eigenvalue weighted by atomic mass is 10.0. The second kappa shape index (κ2) is 6.03. The number of piperazine rings is 1. The Morgan fingerprint density at radius 3 is 2.76 bits per heavy atom. The van der Waals surface area contributed by atoms with Gasteiger partial charge in [0, 0.05) is 25.2 Å². The molecule has 2 aliphatic rings. The van der Waals surface area contributed by atoms with E-state index < -0.39 is 0 Å². The molecule has 5 heteroatoms. The van der Waals surface area contributed by atoms with Gasteiger partial charge < -0.3 is 10.6 Å². The normalized spacial score (nSPS) is 30.6. The number of rotatable bonds is 2. The molecule has 4 nitrogen and oxygen atoms in total. The molecule has 2 N–H and O–H groups in total. The Morgan fingerprint density at radius 1 is 1.47 bits per heavy atom. The Labute approximate surface area is 110 Å². The number of nitrogens with two attached hydrogens (primary N) is 1. The van der Waals surface area contributed by atoms with E-state index in [2.05, 4.69) is 11.8 Å². The van der Waals surface area contributed by atoms with Crippen LogP contribution in [0.4, 0.5) is 0 Å². The molecule has 17 heavy (non-hydrogen) atoms. The highest BCUT2D eigenvalue weighted by Crippen LogP contribution is 2.26. The Bertz CT molecular complexity index is 272. The number of hydrogen-bond acceptors (Lipinski definition) is 3. The lowest BCUT2D eigenvalue weighted by molar-refractivity contribution is -0.138. The second-order valence-corrected chi connectivity index (χ2v) is 5.13. The third-order valence-corrected chi connectivity index (χ3v) is 3.94. The molecular formula is C12H24ClN3O. The van der Waals surface area contributed by atoms with E-state index in [-0.39, 0.29) is 24.4 Å². The second-order valence-electron chi connectivity index (χ2n) is 5.13. The van der Waals surface area contributed by atoms with Gasteiger partial charge in [-0.15, -0.1) is 12.4 Å². The maximum absolute atomic E-state index is 12.0. The average Bonchev–Trinajstić information content (AvgIpc) is 2.72. The molecule has 2 heterocycles. The number of amides is 1. The fourth-order valence-electron chi connectivity index (χ4n) is 2.97. The molecule has 2 rings (SSSR count). The summed E-state index contributed by atoms with van der Waals surface area (Å²) >= 11 is 0. The topological polar surface area (TPSA) is 49.6 Å². The summed E-state index contributed by atoms with van der Waals surface area (Å²) in [6, 6.07) is 0.598. The first kappa shape index (κ1) is 14.7. The highest BCUT2D eigenvalue weighted by atomic mass is 35.5. The van der Waals surface area contributed by atoms with Crippen LogP contribution in [0.2, 0.25) is 0 Å². The van der Waals surface area contributed by atoms with E-state index in [0.29, 0.717) is 12.1 Å². The quantitative estimate of drug-likeness (QED) is 0.802. The average molecular weight is 262 g/mol. The number of carbonyl (C=O) groups excluding carboxylic acids is 1. The minimum absolute atomic E-state index is 0. The van der Waals surface area contributed by atoms with E-state index in [1.807, 2.05) is 4.90 Å². The van der Waals surface area contributed by atoms with Gasteiger partial charge in [-0.1, -0.05) is 6.92 Å². The van der Waals surface area contributed by atoms with Crippen molar-refractivity contribution >= 4 is 18.3 Å². The van der Waals surface area contributed by atoms with E-state index >= 15 is 0 Å². The van der Waals surface area contributed by atoms with Gasteiger partial charge in [0.1, 0.15) is 0 Å². The van der Waals surface area contributed by atoms with Gasteiger partial charge in [-0.2, -0.15) is 0 Å². The van der Waals surface area contributed by atoms with Crippen LogP contribution in [0, 0.1) is 0 Å². The highest BCUT2D eigenvalue weighted by molar-refractivity contribution is 5.85. The summed E-state index contributed by atoms with van der Waals surface area (Å²) in [5, 5.41) is 0. The Kier molecular flexibility index (Phi) is 5.22. The third-order valence-electron chi connectivity index (χ3n) is 3.94. The molecule has 0 radical (unpaired) electrons. The van der Waals surface area contributed by atoms with Crippen molar-refractivity contribution in [1.29, 1.82) is 0 Å². The fourth-order valence-corrected chi connectivity index (χ4v) is 2.97. The van der Waals surface area contributed by atoms with Crippen LogP contribution in [-0.2, 0) is 4.79 Å². The van der Waals surface area contributed by atoms with Crippen molar-refractivity contribution in [3.05, 3.63) is 0 Å². The van der Waals surface area contributed by atoms with Crippen molar-refractivity contribution in [3.8, 4) is 0 Å². The molecule has 1 amide bonds. The zero-order chi connectivity index (χ0) is 11.7. The standard InChI is InChI=1S/C12H23N3O.ClH/c1-3-10-7-14-6-4-5-11(14)8-15(10)12(16)9(2)13;/h9-11H,3-8,13H2,1-2H3;1H. The molecule has 0 bridgehead atoms. The number of nitrogens with zero attached hydrogens (tertiary/aromatic N) is 2. The Morgan fingerprint density at radius 2 is 2.18 bits per heavy atom. The van der Waals surface area contributed by atoms with Crippen LogP contribution in [0.1, 0.15) is 33.1 Å². The smallest absolute Gasteiger partial charge is 0.239 e. The first-order chi connectivity index (χ1) is 7.63. The predicted octanol–water partition coefficient (Wildman–Crippen LogP) is 0.841. The molecule has 100 valence electrons. The first-order valence-electron chi connectivity index (χ1n) is 6.43. The van der Waals surface area contributed by atoms with Gasteiger partial charge in [0.25, 0.3) is 0 Å². The molecule has 0 aromatic carbocycles. The van der Waals surface area contributed by atoms with Crippen molar-refractivity contribution in [3.63, 3.8) is 0 Å². The molecule has 0 aromatic rings. The van der Waals surface area contributed by atoms with Gasteiger partial charge in [-0.05, 0) is 32.7 Å². The molecular weight excluding hydrogens is 238 g/mol. The molecule has 2 aliphatic heterocycles. The number of halogens is 1. The zero-order valence-electron chi connectivity index (χ0n) is 10.8. The largest absolute Gasteiger partial charge is 0.336 e. The molecule has 0 spiro atoms. The Hall–Kier alpha value is -0.320. The summed E-state index contributed by atoms with van der Waals surface area (Å²) in [5.74, 6) is 0.124. The summed E-state index contributed by atoms with van der Waals surface area (Å²) in [7, 11) is 0. The summed E-state index contributed by atoms with van der Waals surface area (Å²) in [5.41, 5.74) is 5.72. The van der Waals surface area contributed by atoms with Crippen LogP contribution < -0.4 is 5.73 Å². The van der Waals surface area contributed by atoms with Gasteiger partial charge in [0.2, 0.25) is 5.91 Å². The van der Waals surface area contributed by atoms with Gasteiger partial charge in [-0.25, -0.2) is 0 Å².